The Hall–Kier alpha value is -2.42. The molecule has 1 heterocycles. The Balaban J connectivity index is 0.000000924. The summed E-state index contributed by atoms with van der Waals surface area (Å²) >= 11 is 0. The molecular weight excluding hydrogens is 284 g/mol. The van der Waals surface area contributed by atoms with Crippen molar-refractivity contribution in [2.24, 2.45) is 5.73 Å². The Bertz CT molecular complexity index is 823. The summed E-state index contributed by atoms with van der Waals surface area (Å²) < 4.78 is 6.08. The second kappa shape index (κ2) is 6.78. The number of furan rings is 1. The first-order valence-electron chi connectivity index (χ1n) is 8.10. The first-order valence-corrected chi connectivity index (χ1v) is 8.10. The third-order valence-electron chi connectivity index (χ3n) is 3.68. The van der Waals surface area contributed by atoms with Gasteiger partial charge in [-0.25, -0.2) is 0 Å². The summed E-state index contributed by atoms with van der Waals surface area (Å²) in [5.74, 6) is 0. The average Bonchev–Trinajstić information content (AvgIpc) is 2.92. The lowest BCUT2D eigenvalue weighted by atomic mass is 9.85. The van der Waals surface area contributed by atoms with Crippen LogP contribution >= 0.6 is 0 Å². The van der Waals surface area contributed by atoms with E-state index in [9.17, 15) is 0 Å². The van der Waals surface area contributed by atoms with Crippen molar-refractivity contribution < 1.29 is 4.42 Å². The fourth-order valence-electron chi connectivity index (χ4n) is 2.69. The summed E-state index contributed by atoms with van der Waals surface area (Å²) in [7, 11) is 0. The van der Waals surface area contributed by atoms with Crippen molar-refractivity contribution in [1.82, 2.24) is 0 Å². The van der Waals surface area contributed by atoms with Gasteiger partial charge >= 0.3 is 0 Å². The number of hydrogen-bond donors (Lipinski definition) is 2. The van der Waals surface area contributed by atoms with Gasteiger partial charge in [0.15, 0.2) is 5.58 Å². The lowest BCUT2D eigenvalue weighted by Gasteiger charge is -2.22. The molecule has 122 valence electrons. The van der Waals surface area contributed by atoms with E-state index >= 15 is 0 Å². The summed E-state index contributed by atoms with van der Waals surface area (Å²) in [5.41, 5.74) is 9.46. The van der Waals surface area contributed by atoms with E-state index in [-0.39, 0.29) is 5.41 Å². The summed E-state index contributed by atoms with van der Waals surface area (Å²) in [6, 6.07) is 12.4. The maximum absolute atomic E-state index is 6.08. The van der Waals surface area contributed by atoms with E-state index in [1.54, 1.807) is 6.20 Å². The van der Waals surface area contributed by atoms with E-state index in [0.717, 1.165) is 27.6 Å². The molecule has 0 aliphatic carbocycles. The molecule has 3 N–H and O–H groups in total. The maximum Gasteiger partial charge on any atom is 0.159 e. The number of nitrogens with two attached hydrogens (primary N) is 1. The largest absolute Gasteiger partial charge is 0.454 e. The third-order valence-corrected chi connectivity index (χ3v) is 3.68. The van der Waals surface area contributed by atoms with Crippen LogP contribution in [0.1, 0.15) is 40.2 Å². The van der Waals surface area contributed by atoms with Crippen LogP contribution < -0.4 is 11.1 Å². The Morgan fingerprint density at radius 2 is 1.70 bits per heavy atom. The van der Waals surface area contributed by atoms with Crippen LogP contribution in [0.4, 0.5) is 5.69 Å². The highest BCUT2D eigenvalue weighted by molar-refractivity contribution is 6.09. The van der Waals surface area contributed by atoms with E-state index in [1.165, 1.54) is 11.8 Å². The molecular formula is C20H26N2O. The zero-order valence-corrected chi connectivity index (χ0v) is 14.6. The number of anilines is 1. The van der Waals surface area contributed by atoms with E-state index in [0.29, 0.717) is 0 Å². The number of fused-ring (bicyclic) bond motifs is 3. The Morgan fingerprint density at radius 1 is 1.00 bits per heavy atom. The zero-order chi connectivity index (χ0) is 17.0. The molecule has 0 fully saturated rings. The van der Waals surface area contributed by atoms with Crippen molar-refractivity contribution in [1.29, 1.82) is 0 Å². The van der Waals surface area contributed by atoms with Crippen LogP contribution in [0.25, 0.3) is 21.9 Å². The molecule has 0 aliphatic heterocycles. The molecule has 0 radical (unpaired) electrons. The van der Waals surface area contributed by atoms with Crippen molar-refractivity contribution in [2.75, 3.05) is 5.32 Å². The quantitative estimate of drug-likeness (QED) is 0.633. The minimum atomic E-state index is 0.0118. The fraction of sp³-hybridized carbons (Fsp3) is 0.300. The van der Waals surface area contributed by atoms with Gasteiger partial charge in [0.05, 0.1) is 5.69 Å². The number of hydrogen-bond acceptors (Lipinski definition) is 3. The molecule has 0 atom stereocenters. The minimum absolute atomic E-state index is 0.0118. The van der Waals surface area contributed by atoms with Gasteiger partial charge in [0.25, 0.3) is 0 Å². The molecule has 0 saturated heterocycles. The molecule has 2 aromatic carbocycles. The molecule has 0 saturated carbocycles. The van der Waals surface area contributed by atoms with E-state index in [1.807, 2.05) is 32.0 Å². The van der Waals surface area contributed by atoms with Crippen LogP contribution in [0.2, 0.25) is 0 Å². The van der Waals surface area contributed by atoms with Crippen molar-refractivity contribution in [3.05, 3.63) is 54.4 Å². The Kier molecular flexibility index (Phi) is 4.99. The number of nitrogens with one attached hydrogen (secondary N) is 1. The van der Waals surface area contributed by atoms with Crippen molar-refractivity contribution >= 4 is 27.6 Å². The standard InChI is InChI=1S/C18H20N2O.C2H6/c1-18(2,3)14-9-8-13-12-6-4-5-7-15(12)21-17(13)16(14)20-11-10-19;1-2/h4-11,20H,19H2,1-3H3;1-2H3/b11-10-;. The molecule has 3 heteroatoms. The van der Waals surface area contributed by atoms with Crippen molar-refractivity contribution in [2.45, 2.75) is 40.0 Å². The minimum Gasteiger partial charge on any atom is -0.454 e. The smallest absolute Gasteiger partial charge is 0.159 e. The Morgan fingerprint density at radius 3 is 2.35 bits per heavy atom. The molecule has 0 bridgehead atoms. The van der Waals surface area contributed by atoms with Gasteiger partial charge in [0.2, 0.25) is 0 Å². The predicted octanol–water partition coefficient (Wildman–Crippen LogP) is 5.75. The normalized spacial score (nSPS) is 11.7. The van der Waals surface area contributed by atoms with Gasteiger partial charge in [-0.1, -0.05) is 65.0 Å². The topological polar surface area (TPSA) is 51.2 Å². The van der Waals surface area contributed by atoms with Crippen LogP contribution in [0.5, 0.6) is 0 Å². The predicted molar refractivity (Wildman–Crippen MR) is 101 cm³/mol. The highest BCUT2D eigenvalue weighted by Crippen LogP contribution is 2.39. The second-order valence-electron chi connectivity index (χ2n) is 6.22. The molecule has 0 aliphatic rings. The number of rotatable bonds is 2. The van der Waals surface area contributed by atoms with Gasteiger partial charge in [-0.2, -0.15) is 0 Å². The van der Waals surface area contributed by atoms with Crippen molar-refractivity contribution in [3.63, 3.8) is 0 Å². The fourth-order valence-corrected chi connectivity index (χ4v) is 2.69. The second-order valence-corrected chi connectivity index (χ2v) is 6.22. The van der Waals surface area contributed by atoms with E-state index in [2.05, 4.69) is 44.3 Å². The van der Waals surface area contributed by atoms with Gasteiger partial charge < -0.3 is 15.5 Å². The third kappa shape index (κ3) is 3.19. The summed E-state index contributed by atoms with van der Waals surface area (Å²) in [6.45, 7) is 10.6. The van der Waals surface area contributed by atoms with E-state index < -0.39 is 0 Å². The molecule has 3 nitrogen and oxygen atoms in total. The van der Waals surface area contributed by atoms with Crippen LogP contribution in [0.15, 0.2) is 53.2 Å². The lowest BCUT2D eigenvalue weighted by Crippen LogP contribution is -2.13. The summed E-state index contributed by atoms with van der Waals surface area (Å²) in [4.78, 5) is 0. The number of benzene rings is 2. The summed E-state index contributed by atoms with van der Waals surface area (Å²) in [5, 5.41) is 5.52. The van der Waals surface area contributed by atoms with Gasteiger partial charge in [-0.15, -0.1) is 0 Å². The van der Waals surface area contributed by atoms with Crippen LogP contribution in [0, 0.1) is 0 Å². The number of para-hydroxylation sites is 1. The van der Waals surface area contributed by atoms with Crippen LogP contribution in [0.3, 0.4) is 0 Å². The van der Waals surface area contributed by atoms with Gasteiger partial charge in [-0.05, 0) is 17.0 Å². The molecule has 23 heavy (non-hydrogen) atoms. The molecule has 0 unspecified atom stereocenters. The maximum atomic E-state index is 6.08. The SMILES string of the molecule is CC.CC(C)(C)c1ccc2c(oc3ccccc32)c1N/C=C\N. The van der Waals surface area contributed by atoms with Crippen molar-refractivity contribution in [3.8, 4) is 0 Å². The summed E-state index contributed by atoms with van der Waals surface area (Å²) in [6.07, 6.45) is 3.23. The highest BCUT2D eigenvalue weighted by Gasteiger charge is 2.22. The molecule has 0 spiro atoms. The monoisotopic (exact) mass is 310 g/mol. The highest BCUT2D eigenvalue weighted by atomic mass is 16.3. The van der Waals surface area contributed by atoms with Gasteiger partial charge in [-0.3, -0.25) is 0 Å². The zero-order valence-electron chi connectivity index (χ0n) is 14.6. The van der Waals surface area contributed by atoms with E-state index in [4.69, 9.17) is 10.2 Å². The molecule has 3 aromatic rings. The van der Waals surface area contributed by atoms with Crippen LogP contribution in [-0.2, 0) is 5.41 Å². The first kappa shape index (κ1) is 16.9. The van der Waals surface area contributed by atoms with Gasteiger partial charge in [0.1, 0.15) is 5.58 Å². The molecule has 3 rings (SSSR count). The van der Waals surface area contributed by atoms with Crippen LogP contribution in [-0.4, -0.2) is 0 Å². The Labute approximate surface area is 138 Å². The molecule has 0 amide bonds. The molecule has 1 aromatic heterocycles. The average molecular weight is 310 g/mol. The van der Waals surface area contributed by atoms with Gasteiger partial charge in [0, 0.05) is 23.2 Å². The lowest BCUT2D eigenvalue weighted by molar-refractivity contribution is 0.590. The first-order chi connectivity index (χ1) is 11.0.